The summed E-state index contributed by atoms with van der Waals surface area (Å²) in [5, 5.41) is 7.22. The monoisotopic (exact) mass is 292 g/mol. The molecule has 0 saturated carbocycles. The van der Waals surface area contributed by atoms with E-state index >= 15 is 0 Å². The van der Waals surface area contributed by atoms with Crippen LogP contribution < -0.4 is 5.32 Å². The Morgan fingerprint density at radius 3 is 2.86 bits per heavy atom. The third-order valence-corrected chi connectivity index (χ3v) is 4.31. The second kappa shape index (κ2) is 6.43. The number of nitrogens with zero attached hydrogens (tertiary/aromatic N) is 5. The highest BCUT2D eigenvalue weighted by molar-refractivity contribution is 5.80. The fraction of sp³-hybridized carbons (Fsp3) is 0.786. The summed E-state index contributed by atoms with van der Waals surface area (Å²) in [5.41, 5.74) is 0. The van der Waals surface area contributed by atoms with Crippen molar-refractivity contribution in [1.82, 2.24) is 25.3 Å². The van der Waals surface area contributed by atoms with E-state index in [-0.39, 0.29) is 0 Å². The molecule has 116 valence electrons. The number of rotatable bonds is 3. The first-order valence-electron chi connectivity index (χ1n) is 7.75. The van der Waals surface area contributed by atoms with Gasteiger partial charge in [-0.1, -0.05) is 5.16 Å². The van der Waals surface area contributed by atoms with Crippen LogP contribution in [0.5, 0.6) is 0 Å². The molecule has 2 aliphatic heterocycles. The van der Waals surface area contributed by atoms with Gasteiger partial charge in [0.25, 0.3) is 0 Å². The molecule has 0 amide bonds. The Balaban J connectivity index is 1.52. The fourth-order valence-corrected chi connectivity index (χ4v) is 3.24. The van der Waals surface area contributed by atoms with Crippen molar-refractivity contribution in [2.45, 2.75) is 38.8 Å². The number of hydrogen-bond donors (Lipinski definition) is 1. The molecule has 7 nitrogen and oxygen atoms in total. The summed E-state index contributed by atoms with van der Waals surface area (Å²) < 4.78 is 4.98. The van der Waals surface area contributed by atoms with Gasteiger partial charge in [-0.2, -0.15) is 4.98 Å². The van der Waals surface area contributed by atoms with Crippen molar-refractivity contribution in [2.24, 2.45) is 4.99 Å². The van der Waals surface area contributed by atoms with Crippen molar-refractivity contribution >= 4 is 5.96 Å². The SMILES string of the molecule is CN=C(NCc1noc(C)n1)N1CCC(N2CCCC2)C1. The molecule has 0 aliphatic carbocycles. The maximum absolute atomic E-state index is 4.98. The first kappa shape index (κ1) is 14.3. The van der Waals surface area contributed by atoms with Crippen LogP contribution in [0.4, 0.5) is 0 Å². The molecule has 1 unspecified atom stereocenters. The van der Waals surface area contributed by atoms with Crippen LogP contribution >= 0.6 is 0 Å². The Morgan fingerprint density at radius 2 is 2.19 bits per heavy atom. The predicted molar refractivity (Wildman–Crippen MR) is 80.0 cm³/mol. The molecule has 2 saturated heterocycles. The van der Waals surface area contributed by atoms with Crippen molar-refractivity contribution in [3.05, 3.63) is 11.7 Å². The normalized spacial score (nSPS) is 24.0. The predicted octanol–water partition coefficient (Wildman–Crippen LogP) is 0.624. The number of guanidine groups is 1. The van der Waals surface area contributed by atoms with Crippen LogP contribution in [0.2, 0.25) is 0 Å². The summed E-state index contributed by atoms with van der Waals surface area (Å²) >= 11 is 0. The number of hydrogen-bond acceptors (Lipinski definition) is 5. The van der Waals surface area contributed by atoms with Crippen LogP contribution in [0.1, 0.15) is 31.0 Å². The number of nitrogens with one attached hydrogen (secondary N) is 1. The van der Waals surface area contributed by atoms with Gasteiger partial charge in [0, 0.05) is 33.1 Å². The van der Waals surface area contributed by atoms with E-state index < -0.39 is 0 Å². The topological polar surface area (TPSA) is 69.8 Å². The van der Waals surface area contributed by atoms with Crippen LogP contribution in [0, 0.1) is 6.92 Å². The van der Waals surface area contributed by atoms with E-state index in [0.29, 0.717) is 24.3 Å². The van der Waals surface area contributed by atoms with Gasteiger partial charge in [-0.05, 0) is 32.4 Å². The zero-order valence-corrected chi connectivity index (χ0v) is 12.9. The standard InChI is InChI=1S/C14H24N6O/c1-11-17-13(18-21-11)9-16-14(15-2)20-8-5-12(10-20)19-6-3-4-7-19/h12H,3-10H2,1-2H3,(H,15,16). The molecule has 21 heavy (non-hydrogen) atoms. The van der Waals surface area contributed by atoms with Gasteiger partial charge in [-0.3, -0.25) is 9.89 Å². The molecule has 2 fully saturated rings. The van der Waals surface area contributed by atoms with Crippen LogP contribution in [-0.2, 0) is 6.54 Å². The molecule has 7 heteroatoms. The summed E-state index contributed by atoms with van der Waals surface area (Å²) in [6.45, 7) is 6.98. The lowest BCUT2D eigenvalue weighted by Crippen LogP contribution is -2.42. The summed E-state index contributed by atoms with van der Waals surface area (Å²) in [5.74, 6) is 2.19. The lowest BCUT2D eigenvalue weighted by molar-refractivity contribution is 0.249. The maximum atomic E-state index is 4.98. The van der Waals surface area contributed by atoms with E-state index in [1.807, 2.05) is 7.05 Å². The molecule has 0 aromatic carbocycles. The molecule has 3 rings (SSSR count). The summed E-state index contributed by atoms with van der Waals surface area (Å²) in [6, 6.07) is 0.679. The van der Waals surface area contributed by atoms with E-state index in [9.17, 15) is 0 Å². The lowest BCUT2D eigenvalue weighted by Gasteiger charge is -2.25. The van der Waals surface area contributed by atoms with E-state index in [1.165, 1.54) is 32.4 Å². The third kappa shape index (κ3) is 3.34. The van der Waals surface area contributed by atoms with E-state index in [1.54, 1.807) is 6.92 Å². The van der Waals surface area contributed by atoms with Crippen LogP contribution in [0.15, 0.2) is 9.52 Å². The summed E-state index contributed by atoms with van der Waals surface area (Å²) in [6.07, 6.45) is 3.92. The molecule has 0 radical (unpaired) electrons. The average Bonchev–Trinajstić information content (AvgIpc) is 3.19. The van der Waals surface area contributed by atoms with Crippen LogP contribution in [-0.4, -0.2) is 65.2 Å². The Hall–Kier alpha value is -1.63. The van der Waals surface area contributed by atoms with Crippen LogP contribution in [0.3, 0.4) is 0 Å². The molecule has 1 N–H and O–H groups in total. The highest BCUT2D eigenvalue weighted by Crippen LogP contribution is 2.20. The smallest absolute Gasteiger partial charge is 0.223 e. The minimum absolute atomic E-state index is 0.550. The van der Waals surface area contributed by atoms with Crippen molar-refractivity contribution in [3.8, 4) is 0 Å². The summed E-state index contributed by atoms with van der Waals surface area (Å²) in [4.78, 5) is 13.5. The minimum Gasteiger partial charge on any atom is -0.349 e. The molecule has 1 atom stereocenters. The number of aliphatic imine (C=N–C) groups is 1. The van der Waals surface area contributed by atoms with Gasteiger partial charge in [0.2, 0.25) is 5.89 Å². The average molecular weight is 292 g/mol. The maximum Gasteiger partial charge on any atom is 0.223 e. The third-order valence-electron chi connectivity index (χ3n) is 4.31. The number of aryl methyl sites for hydroxylation is 1. The Morgan fingerprint density at radius 1 is 1.38 bits per heavy atom. The zero-order chi connectivity index (χ0) is 14.7. The van der Waals surface area contributed by atoms with Gasteiger partial charge >= 0.3 is 0 Å². The van der Waals surface area contributed by atoms with Crippen molar-refractivity contribution in [1.29, 1.82) is 0 Å². The minimum atomic E-state index is 0.550. The Bertz CT molecular complexity index is 493. The van der Waals surface area contributed by atoms with Crippen molar-refractivity contribution in [3.63, 3.8) is 0 Å². The largest absolute Gasteiger partial charge is 0.349 e. The van der Waals surface area contributed by atoms with Gasteiger partial charge in [-0.25, -0.2) is 0 Å². The van der Waals surface area contributed by atoms with Crippen molar-refractivity contribution in [2.75, 3.05) is 33.2 Å². The summed E-state index contributed by atoms with van der Waals surface area (Å²) in [7, 11) is 1.83. The highest BCUT2D eigenvalue weighted by Gasteiger charge is 2.30. The highest BCUT2D eigenvalue weighted by atomic mass is 16.5. The Kier molecular flexibility index (Phi) is 4.38. The fourth-order valence-electron chi connectivity index (χ4n) is 3.24. The van der Waals surface area contributed by atoms with Gasteiger partial charge in [0.15, 0.2) is 11.8 Å². The van der Waals surface area contributed by atoms with Crippen molar-refractivity contribution < 1.29 is 4.52 Å². The molecule has 1 aromatic heterocycles. The lowest BCUT2D eigenvalue weighted by atomic mass is 10.2. The zero-order valence-electron chi connectivity index (χ0n) is 12.9. The van der Waals surface area contributed by atoms with Gasteiger partial charge in [0.05, 0.1) is 6.54 Å². The van der Waals surface area contributed by atoms with Gasteiger partial charge in [-0.15, -0.1) is 0 Å². The molecule has 1 aromatic rings. The molecule has 2 aliphatic rings. The quantitative estimate of drug-likeness (QED) is 0.651. The van der Waals surface area contributed by atoms with E-state index in [4.69, 9.17) is 4.52 Å². The van der Waals surface area contributed by atoms with Gasteiger partial charge in [0.1, 0.15) is 0 Å². The van der Waals surface area contributed by atoms with Gasteiger partial charge < -0.3 is 14.7 Å². The molecular weight excluding hydrogens is 268 g/mol. The molecule has 0 spiro atoms. The van der Waals surface area contributed by atoms with E-state index in [2.05, 4.69) is 30.2 Å². The number of likely N-dealkylation sites (tertiary alicyclic amines) is 2. The van der Waals surface area contributed by atoms with E-state index in [0.717, 1.165) is 19.0 Å². The van der Waals surface area contributed by atoms with Crippen LogP contribution in [0.25, 0.3) is 0 Å². The second-order valence-electron chi connectivity index (χ2n) is 5.76. The molecule has 0 bridgehead atoms. The second-order valence-corrected chi connectivity index (χ2v) is 5.76. The Labute approximate surface area is 125 Å². The first-order valence-corrected chi connectivity index (χ1v) is 7.75. The molecule has 3 heterocycles. The molecular formula is C14H24N6O. The number of aromatic nitrogens is 2. The first-order chi connectivity index (χ1) is 10.3.